The minimum atomic E-state index is -1.82. The molecule has 0 radical (unpaired) electrons. The van der Waals surface area contributed by atoms with Crippen molar-refractivity contribution in [2.75, 3.05) is 18.9 Å². The molecule has 0 saturated carbocycles. The number of aryl methyl sites for hydroxylation is 1. The van der Waals surface area contributed by atoms with Gasteiger partial charge in [-0.25, -0.2) is 0 Å². The van der Waals surface area contributed by atoms with Crippen LogP contribution in [-0.2, 0) is 33.3 Å². The molecule has 118 heavy (non-hydrogen) atoms. The molecule has 2 unspecified atom stereocenters. The van der Waals surface area contributed by atoms with Gasteiger partial charge in [0.25, 0.3) is 0 Å². The second-order valence-electron chi connectivity index (χ2n) is 28.6. The Balaban J connectivity index is 0.000000156. The van der Waals surface area contributed by atoms with Crippen LogP contribution in [0.4, 0.5) is 0 Å². The molecule has 598 valence electrons. The molecule has 14 aromatic carbocycles. The van der Waals surface area contributed by atoms with Crippen molar-refractivity contribution in [3.8, 4) is 0 Å². The summed E-state index contributed by atoms with van der Waals surface area (Å²) in [6.45, 7) is 8.66. The molecule has 2 aliphatic rings. The molecular formula is C107H109BrN4P4PdSn. The van der Waals surface area contributed by atoms with Crippen molar-refractivity contribution in [2.45, 2.75) is 60.5 Å². The Labute approximate surface area is 736 Å². The molecule has 0 saturated heterocycles. The minimum Gasteiger partial charge on any atom is -0.0622 e. The molecule has 2 atom stereocenters. The van der Waals surface area contributed by atoms with Crippen LogP contribution in [0.3, 0.4) is 0 Å². The van der Waals surface area contributed by atoms with Crippen molar-refractivity contribution in [3.05, 3.63) is 489 Å². The Hall–Kier alpha value is -9.04. The summed E-state index contributed by atoms with van der Waals surface area (Å²) >= 11 is 1.11. The van der Waals surface area contributed by atoms with Crippen LogP contribution in [0.5, 0.6) is 0 Å². The first-order valence-electron chi connectivity index (χ1n) is 40.2. The van der Waals surface area contributed by atoms with E-state index in [0.717, 1.165) is 18.8 Å². The number of halogens is 1. The Morgan fingerprint density at radius 1 is 0.254 bits per heavy atom. The minimum absolute atomic E-state index is 0. The monoisotopic (exact) mass is 1880 g/mol. The standard InChI is InChI=1S/4C18H15P.2C10H13N.C6H7N.C5H4N.CH3Br.3CH3.Pd.Sn/c4*1-4-10-16(11-5-1)19(17-12-6-2-7-13-17)18-14-8-3-9-15-18;2*1-8-10-5-3-2-4-9(10)6-7-11-8;1-6-4-2-3-5-7-6;1-2-4-6-5-3-1;1-2;;;;;/h4*1-15H;2*2-5,8,11H,6-7H2,1H3;2-5H,1H3;1-4H;1H3;3*1H3;;. The third-order valence-corrected chi connectivity index (χ3v) is 34.2. The Morgan fingerprint density at radius 2 is 0.441 bits per heavy atom. The van der Waals surface area contributed by atoms with Gasteiger partial charge in [-0.15, -0.1) is 0 Å². The molecular weight excluding hydrogens is 1770 g/mol. The van der Waals surface area contributed by atoms with E-state index in [2.05, 4.69) is 490 Å². The summed E-state index contributed by atoms with van der Waals surface area (Å²) in [7, 11) is -1.78. The molecule has 0 bridgehead atoms. The van der Waals surface area contributed by atoms with Crippen LogP contribution in [0, 0.1) is 6.92 Å². The van der Waals surface area contributed by atoms with Gasteiger partial charge in [-0.3, -0.25) is 4.98 Å². The zero-order valence-electron chi connectivity index (χ0n) is 68.7. The van der Waals surface area contributed by atoms with Gasteiger partial charge in [0.2, 0.25) is 0 Å². The average Bonchev–Trinajstić information content (AvgIpc) is 0.824. The maximum absolute atomic E-state index is 4.34. The molecule has 4 nitrogen and oxygen atoms in total. The van der Waals surface area contributed by atoms with Crippen LogP contribution in [0.25, 0.3) is 0 Å². The van der Waals surface area contributed by atoms with E-state index >= 15 is 0 Å². The molecule has 4 heterocycles. The summed E-state index contributed by atoms with van der Waals surface area (Å²) in [6, 6.07) is 160. The topological polar surface area (TPSA) is 49.8 Å². The van der Waals surface area contributed by atoms with Gasteiger partial charge in [-0.2, -0.15) is 0 Å². The van der Waals surface area contributed by atoms with Crippen LogP contribution in [0.15, 0.2) is 461 Å². The second-order valence-corrected chi connectivity index (χ2v) is 51.7. The summed E-state index contributed by atoms with van der Waals surface area (Å²) in [6.07, 6.45) is 6.04. The number of benzene rings is 14. The number of hydrogen-bond acceptors (Lipinski definition) is 4. The number of hydrogen-bond donors (Lipinski definition) is 2. The van der Waals surface area contributed by atoms with Gasteiger partial charge in [0, 0.05) is 44.4 Å². The van der Waals surface area contributed by atoms with Crippen molar-refractivity contribution in [3.63, 3.8) is 0 Å². The number of alkyl halides is 1. The van der Waals surface area contributed by atoms with E-state index in [0.29, 0.717) is 12.1 Å². The summed E-state index contributed by atoms with van der Waals surface area (Å²) in [5.74, 6) is 1.81. The van der Waals surface area contributed by atoms with Crippen molar-refractivity contribution in [1.29, 1.82) is 0 Å². The molecule has 0 aliphatic carbocycles. The van der Waals surface area contributed by atoms with E-state index in [1.807, 2.05) is 43.2 Å². The molecule has 16 aromatic rings. The van der Waals surface area contributed by atoms with Gasteiger partial charge in [0.15, 0.2) is 0 Å². The maximum atomic E-state index is 4.34. The van der Waals surface area contributed by atoms with Gasteiger partial charge in [-0.1, -0.05) is 435 Å². The Bertz CT molecular complexity index is 4370. The Morgan fingerprint density at radius 3 is 0.593 bits per heavy atom. The van der Waals surface area contributed by atoms with Crippen molar-refractivity contribution < 1.29 is 20.4 Å². The molecule has 2 aromatic heterocycles. The fraction of sp³-hybridized carbons (Fsp3) is 0.121. The molecule has 0 fully saturated rings. The zero-order chi connectivity index (χ0) is 81.8. The zero-order valence-corrected chi connectivity index (χ0v) is 78.3. The predicted molar refractivity (Wildman–Crippen MR) is 525 cm³/mol. The van der Waals surface area contributed by atoms with Gasteiger partial charge in [0.05, 0.1) is 0 Å². The summed E-state index contributed by atoms with van der Waals surface area (Å²) < 4.78 is 1.36. The SMILES string of the molecule is CBr.CC1NCCc2ccccc21.CC1NCCc2ccccc21.Cc1ccccn1.[CH3][Sn]([CH3])([CH3])[c]1ccccn1.[Pd].c1ccc(P(c2ccccc2)c2ccccc2)cc1.c1ccc(P(c2ccccc2)c2ccccc2)cc1.c1ccc(P(c2ccccc2)c2ccccc2)cc1.c1ccc(P(c2ccccc2)c2ccccc2)cc1. The van der Waals surface area contributed by atoms with Gasteiger partial charge >= 0.3 is 66.3 Å². The van der Waals surface area contributed by atoms with E-state index in [9.17, 15) is 0 Å². The van der Waals surface area contributed by atoms with Crippen molar-refractivity contribution in [2.24, 2.45) is 0 Å². The van der Waals surface area contributed by atoms with Gasteiger partial charge in [0.1, 0.15) is 0 Å². The third-order valence-electron chi connectivity index (χ3n) is 19.2. The number of aromatic nitrogens is 2. The second kappa shape index (κ2) is 52.8. The number of fused-ring (bicyclic) bond motifs is 2. The summed E-state index contributed by atoms with van der Waals surface area (Å²) in [5, 5.41) is 23.7. The molecule has 2 N–H and O–H groups in total. The van der Waals surface area contributed by atoms with Crippen LogP contribution in [0.1, 0.15) is 53.9 Å². The fourth-order valence-electron chi connectivity index (χ4n) is 13.4. The smallest absolute Gasteiger partial charge is 0 e. The number of nitrogens with zero attached hydrogens (tertiary/aromatic N) is 2. The van der Waals surface area contributed by atoms with E-state index in [1.165, 1.54) is 102 Å². The van der Waals surface area contributed by atoms with E-state index in [1.54, 1.807) is 6.20 Å². The van der Waals surface area contributed by atoms with Crippen molar-refractivity contribution in [1.82, 2.24) is 20.6 Å². The summed E-state index contributed by atoms with van der Waals surface area (Å²) in [5.41, 5.74) is 7.04. The van der Waals surface area contributed by atoms with Crippen LogP contribution >= 0.6 is 47.6 Å². The molecule has 0 amide bonds. The largest absolute Gasteiger partial charge is 0.0622 e. The van der Waals surface area contributed by atoms with Gasteiger partial charge in [-0.05, 0) is 182 Å². The first-order valence-corrected chi connectivity index (χ1v) is 57.1. The fourth-order valence-corrected chi connectivity index (χ4v) is 25.6. The number of pyridine rings is 2. The first-order chi connectivity index (χ1) is 57.6. The normalized spacial score (nSPS) is 12.6. The average molecular weight is 1880 g/mol. The van der Waals surface area contributed by atoms with E-state index in [-0.39, 0.29) is 20.4 Å². The van der Waals surface area contributed by atoms with E-state index < -0.39 is 50.1 Å². The van der Waals surface area contributed by atoms with E-state index in [4.69, 9.17) is 0 Å². The number of nitrogens with one attached hydrogen (secondary N) is 2. The van der Waals surface area contributed by atoms with Crippen LogP contribution in [0.2, 0.25) is 14.8 Å². The Kier molecular flexibility index (Phi) is 41.5. The molecule has 11 heteroatoms. The third kappa shape index (κ3) is 30.3. The molecule has 18 rings (SSSR count). The van der Waals surface area contributed by atoms with Crippen LogP contribution in [-0.4, -0.2) is 47.3 Å². The molecule has 0 spiro atoms. The summed E-state index contributed by atoms with van der Waals surface area (Å²) in [4.78, 5) is 15.4. The predicted octanol–water partition coefficient (Wildman–Crippen LogP) is 21.6. The van der Waals surface area contributed by atoms with Crippen LogP contribution < -0.4 is 78.0 Å². The first kappa shape index (κ1) is 92.8. The van der Waals surface area contributed by atoms with Gasteiger partial charge < -0.3 is 10.6 Å². The molecule has 2 aliphatic heterocycles. The number of rotatable bonds is 13. The van der Waals surface area contributed by atoms with Crippen molar-refractivity contribution >= 4 is 133 Å². The maximum Gasteiger partial charge on any atom is 0 e. The quantitative estimate of drug-likeness (QED) is 0.0686.